The molecular formula is C19H10N2O2. The van der Waals surface area contributed by atoms with E-state index < -0.39 is 0 Å². The van der Waals surface area contributed by atoms with E-state index in [-0.39, 0.29) is 10.9 Å². The molecule has 1 heterocycles. The van der Waals surface area contributed by atoms with Crippen LogP contribution in [0.25, 0.3) is 49.4 Å². The molecule has 0 saturated carbocycles. The van der Waals surface area contributed by atoms with Gasteiger partial charge >= 0.3 is 0 Å². The van der Waals surface area contributed by atoms with Crippen LogP contribution in [0.1, 0.15) is 0 Å². The molecule has 4 nitrogen and oxygen atoms in total. The second-order valence-corrected chi connectivity index (χ2v) is 5.64. The van der Waals surface area contributed by atoms with Crippen LogP contribution in [0.4, 0.5) is 0 Å². The van der Waals surface area contributed by atoms with Crippen LogP contribution in [-0.4, -0.2) is 9.78 Å². The van der Waals surface area contributed by atoms with Crippen molar-refractivity contribution >= 4 is 49.4 Å². The van der Waals surface area contributed by atoms with Gasteiger partial charge < -0.3 is 0 Å². The van der Waals surface area contributed by atoms with Crippen LogP contribution >= 0.6 is 0 Å². The molecule has 0 spiro atoms. The Morgan fingerprint density at radius 1 is 0.826 bits per heavy atom. The first-order valence-electron chi connectivity index (χ1n) is 7.28. The molecule has 5 aromatic carbocycles. The molecule has 0 aliphatic heterocycles. The highest BCUT2D eigenvalue weighted by atomic mass is 16.1. The molecule has 4 heteroatoms. The largest absolute Gasteiger partial charge is 0.289 e. The summed E-state index contributed by atoms with van der Waals surface area (Å²) < 4.78 is 1.67. The number of rotatable bonds is 1. The van der Waals surface area contributed by atoms with Gasteiger partial charge in [0.15, 0.2) is 10.9 Å². The van der Waals surface area contributed by atoms with Crippen LogP contribution in [0.2, 0.25) is 0 Å². The van der Waals surface area contributed by atoms with Gasteiger partial charge in [-0.2, -0.15) is 5.10 Å². The van der Waals surface area contributed by atoms with Crippen molar-refractivity contribution in [3.8, 4) is 0 Å². The van der Waals surface area contributed by atoms with E-state index in [1.165, 1.54) is 12.1 Å². The molecule has 0 N–H and O–H groups in total. The van der Waals surface area contributed by atoms with E-state index in [1.807, 2.05) is 24.3 Å². The van der Waals surface area contributed by atoms with Gasteiger partial charge in [-0.25, -0.2) is 4.68 Å². The highest BCUT2D eigenvalue weighted by Gasteiger charge is 2.22. The Labute approximate surface area is 129 Å². The quantitative estimate of drug-likeness (QED) is 0.447. The summed E-state index contributed by atoms with van der Waals surface area (Å²) in [4.78, 5) is 25.0. The Balaban J connectivity index is 2.39. The summed E-state index contributed by atoms with van der Waals surface area (Å²) in [7, 11) is 0. The van der Waals surface area contributed by atoms with Crippen molar-refractivity contribution in [1.29, 1.82) is 0 Å². The third kappa shape index (κ3) is 1.29. The van der Waals surface area contributed by atoms with Gasteiger partial charge in [-0.3, -0.25) is 9.59 Å². The van der Waals surface area contributed by atoms with E-state index in [4.69, 9.17) is 0 Å². The summed E-state index contributed by atoms with van der Waals surface area (Å²) in [6.07, 6.45) is 3.35. The van der Waals surface area contributed by atoms with Crippen LogP contribution in [0.15, 0.2) is 58.8 Å². The Morgan fingerprint density at radius 3 is 2.09 bits per heavy atom. The summed E-state index contributed by atoms with van der Waals surface area (Å²) >= 11 is 0. The van der Waals surface area contributed by atoms with Crippen LogP contribution in [0, 0.1) is 0 Å². The van der Waals surface area contributed by atoms with E-state index >= 15 is 0 Å². The maximum absolute atomic E-state index is 12.5. The lowest BCUT2D eigenvalue weighted by Gasteiger charge is -2.14. The second kappa shape index (κ2) is 3.93. The van der Waals surface area contributed by atoms with Crippen molar-refractivity contribution in [3.63, 3.8) is 0 Å². The van der Waals surface area contributed by atoms with Gasteiger partial charge in [-0.15, -0.1) is 0 Å². The van der Waals surface area contributed by atoms with Gasteiger partial charge in [0.25, 0.3) is 0 Å². The maximum Gasteiger partial charge on any atom is 0.187 e. The van der Waals surface area contributed by atoms with Gasteiger partial charge in [-0.05, 0) is 22.9 Å². The first-order chi connectivity index (χ1) is 11.2. The van der Waals surface area contributed by atoms with Gasteiger partial charge in [-0.1, -0.05) is 30.8 Å². The summed E-state index contributed by atoms with van der Waals surface area (Å²) in [6, 6.07) is 10.6. The standard InChI is InChI=1S/C19H10N2O2/c1-2-21-19-12(9-20-21)15-10-5-3-4-6-11(10)16(19)18-14(23)8-7-13(22)17(15)18/h2-9H,1H2. The third-order valence-electron chi connectivity index (χ3n) is 4.57. The highest BCUT2D eigenvalue weighted by Crippen LogP contribution is 2.42. The number of aromatic nitrogens is 2. The lowest BCUT2D eigenvalue weighted by Crippen LogP contribution is -2.11. The first kappa shape index (κ1) is 12.3. The van der Waals surface area contributed by atoms with Gasteiger partial charge in [0, 0.05) is 33.1 Å². The predicted octanol–water partition coefficient (Wildman–Crippen LogP) is 3.19. The van der Waals surface area contributed by atoms with Gasteiger partial charge in [0.2, 0.25) is 0 Å². The zero-order valence-corrected chi connectivity index (χ0v) is 12.0. The molecule has 0 aliphatic carbocycles. The molecule has 6 rings (SSSR count). The fraction of sp³-hybridized carbons (Fsp3) is 0. The SMILES string of the molecule is C=Cn1ncc2c3c4ccccc4c(c4c(=O)ccc(=O)c43)c21. The van der Waals surface area contributed by atoms with Crippen LogP contribution < -0.4 is 10.9 Å². The highest BCUT2D eigenvalue weighted by molar-refractivity contribution is 6.39. The van der Waals surface area contributed by atoms with Crippen LogP contribution in [-0.2, 0) is 0 Å². The van der Waals surface area contributed by atoms with Crippen LogP contribution in [0.5, 0.6) is 0 Å². The van der Waals surface area contributed by atoms with Gasteiger partial charge in [0.1, 0.15) is 0 Å². The molecule has 1 aromatic heterocycles. The first-order valence-corrected chi connectivity index (χ1v) is 7.28. The summed E-state index contributed by atoms with van der Waals surface area (Å²) in [5.41, 5.74) is 0.576. The molecule has 0 atom stereocenters. The van der Waals surface area contributed by atoms with Crippen LogP contribution in [0.3, 0.4) is 0 Å². The molecule has 108 valence electrons. The zero-order chi connectivity index (χ0) is 15.7. The van der Waals surface area contributed by atoms with E-state index in [0.29, 0.717) is 10.8 Å². The van der Waals surface area contributed by atoms with Crippen molar-refractivity contribution in [2.45, 2.75) is 0 Å². The zero-order valence-electron chi connectivity index (χ0n) is 12.0. The Kier molecular flexibility index (Phi) is 2.10. The topological polar surface area (TPSA) is 52.0 Å². The Hall–Kier alpha value is -3.27. The van der Waals surface area contributed by atoms with E-state index in [9.17, 15) is 9.59 Å². The number of hydrogen-bond acceptors (Lipinski definition) is 3. The molecule has 0 aliphatic rings. The minimum absolute atomic E-state index is 0.126. The monoisotopic (exact) mass is 298 g/mol. The van der Waals surface area contributed by atoms with Crippen molar-refractivity contribution in [1.82, 2.24) is 9.78 Å². The Morgan fingerprint density at radius 2 is 1.43 bits per heavy atom. The number of hydrogen-bond donors (Lipinski definition) is 0. The third-order valence-corrected chi connectivity index (χ3v) is 4.57. The molecule has 0 saturated heterocycles. The molecule has 0 unspecified atom stereocenters. The van der Waals surface area contributed by atoms with Crippen molar-refractivity contribution < 1.29 is 0 Å². The lowest BCUT2D eigenvalue weighted by molar-refractivity contribution is 0.971. The van der Waals surface area contributed by atoms with E-state index in [1.54, 1.807) is 17.1 Å². The minimum atomic E-state index is -0.135. The molecular weight excluding hydrogens is 288 g/mol. The predicted molar refractivity (Wildman–Crippen MR) is 93.6 cm³/mol. The Bertz CT molecular complexity index is 1370. The molecule has 2 bridgehead atoms. The minimum Gasteiger partial charge on any atom is -0.289 e. The summed E-state index contributed by atoms with van der Waals surface area (Å²) in [5, 5.41) is 9.74. The van der Waals surface area contributed by atoms with E-state index in [2.05, 4.69) is 11.7 Å². The molecule has 23 heavy (non-hydrogen) atoms. The smallest absolute Gasteiger partial charge is 0.187 e. The molecule has 0 radical (unpaired) electrons. The molecule has 6 aromatic rings. The fourth-order valence-corrected chi connectivity index (χ4v) is 3.71. The average molecular weight is 298 g/mol. The number of benzene rings is 5. The normalized spacial score (nSPS) is 12.0. The lowest BCUT2D eigenvalue weighted by atomic mass is 9.88. The maximum atomic E-state index is 12.5. The molecule has 0 amide bonds. The van der Waals surface area contributed by atoms with Crippen molar-refractivity contribution in [3.05, 3.63) is 69.6 Å². The van der Waals surface area contributed by atoms with Crippen molar-refractivity contribution in [2.75, 3.05) is 0 Å². The van der Waals surface area contributed by atoms with E-state index in [0.717, 1.165) is 32.4 Å². The molecule has 0 fully saturated rings. The van der Waals surface area contributed by atoms with Crippen molar-refractivity contribution in [2.24, 2.45) is 0 Å². The van der Waals surface area contributed by atoms with Gasteiger partial charge in [0.05, 0.1) is 11.7 Å². The number of nitrogens with zero attached hydrogens (tertiary/aromatic N) is 2. The summed E-state index contributed by atoms with van der Waals surface area (Å²) in [5.74, 6) is 0. The second-order valence-electron chi connectivity index (χ2n) is 5.64. The average Bonchev–Trinajstić information content (AvgIpc) is 3.02. The summed E-state index contributed by atoms with van der Waals surface area (Å²) in [6.45, 7) is 3.78. The fourth-order valence-electron chi connectivity index (χ4n) is 3.71.